The van der Waals surface area contributed by atoms with Crippen LogP contribution in [0.5, 0.6) is 0 Å². The van der Waals surface area contributed by atoms with Crippen LogP contribution in [0, 0.1) is 5.92 Å². The molecule has 3 rings (SSSR count). The fourth-order valence-corrected chi connectivity index (χ4v) is 3.79. The van der Waals surface area contributed by atoms with E-state index in [4.69, 9.17) is 0 Å². The molecule has 2 amide bonds. The Morgan fingerprint density at radius 3 is 2.88 bits per heavy atom. The van der Waals surface area contributed by atoms with Crippen molar-refractivity contribution in [1.29, 1.82) is 0 Å². The zero-order valence-corrected chi connectivity index (χ0v) is 14.9. The van der Waals surface area contributed by atoms with Crippen LogP contribution in [-0.4, -0.2) is 35.0 Å². The summed E-state index contributed by atoms with van der Waals surface area (Å²) in [6, 6.07) is 10.5. The number of carbonyl (C=O) groups excluding carboxylic acids is 1. The zero-order valence-electron chi connectivity index (χ0n) is 14.1. The number of urea groups is 1. The average Bonchev–Trinajstić information content (AvgIpc) is 3.19. The van der Waals surface area contributed by atoms with Crippen molar-refractivity contribution in [1.82, 2.24) is 20.5 Å². The van der Waals surface area contributed by atoms with Gasteiger partial charge < -0.3 is 10.6 Å². The molecule has 0 spiro atoms. The number of nitrogens with one attached hydrogen (secondary N) is 2. The number of thiazole rings is 1. The summed E-state index contributed by atoms with van der Waals surface area (Å²) in [6.07, 6.45) is 1.76. The minimum absolute atomic E-state index is 0.0675. The predicted molar refractivity (Wildman–Crippen MR) is 96.9 cm³/mol. The third-order valence-corrected chi connectivity index (χ3v) is 5.38. The molecule has 1 aliphatic rings. The van der Waals surface area contributed by atoms with Gasteiger partial charge in [-0.15, -0.1) is 11.3 Å². The zero-order chi connectivity index (χ0) is 16.9. The van der Waals surface area contributed by atoms with E-state index in [1.165, 1.54) is 5.56 Å². The van der Waals surface area contributed by atoms with Crippen molar-refractivity contribution in [2.24, 2.45) is 5.92 Å². The first-order valence-corrected chi connectivity index (χ1v) is 9.22. The van der Waals surface area contributed by atoms with E-state index < -0.39 is 0 Å². The SMILES string of the molecule is CC(NC(=O)NC1CN(Cc2ccccc2)CC1C)c1nccs1. The molecule has 6 heteroatoms. The molecule has 1 aromatic heterocycles. The summed E-state index contributed by atoms with van der Waals surface area (Å²) in [7, 11) is 0. The fourth-order valence-electron chi connectivity index (χ4n) is 3.14. The number of aromatic nitrogens is 1. The minimum Gasteiger partial charge on any atom is -0.334 e. The fraction of sp³-hybridized carbons (Fsp3) is 0.444. The van der Waals surface area contributed by atoms with Gasteiger partial charge in [0, 0.05) is 37.3 Å². The van der Waals surface area contributed by atoms with Gasteiger partial charge in [0.1, 0.15) is 5.01 Å². The van der Waals surface area contributed by atoms with Gasteiger partial charge in [-0.3, -0.25) is 4.90 Å². The maximum atomic E-state index is 12.3. The first-order chi connectivity index (χ1) is 11.6. The van der Waals surface area contributed by atoms with E-state index in [9.17, 15) is 4.79 Å². The first-order valence-electron chi connectivity index (χ1n) is 8.34. The van der Waals surface area contributed by atoms with Gasteiger partial charge in [0.15, 0.2) is 0 Å². The molecular formula is C18H24N4OS. The van der Waals surface area contributed by atoms with Gasteiger partial charge in [0.05, 0.1) is 6.04 Å². The molecule has 5 nitrogen and oxygen atoms in total. The lowest BCUT2D eigenvalue weighted by molar-refractivity contribution is 0.231. The third kappa shape index (κ3) is 4.33. The van der Waals surface area contributed by atoms with Crippen LogP contribution in [0.4, 0.5) is 4.79 Å². The van der Waals surface area contributed by atoms with Crippen LogP contribution in [0.15, 0.2) is 41.9 Å². The van der Waals surface area contributed by atoms with Crippen LogP contribution in [0.1, 0.15) is 30.5 Å². The maximum Gasteiger partial charge on any atom is 0.315 e. The Kier molecular flexibility index (Phi) is 5.48. The molecule has 0 saturated carbocycles. The van der Waals surface area contributed by atoms with Crippen LogP contribution in [0.25, 0.3) is 0 Å². The third-order valence-electron chi connectivity index (χ3n) is 4.42. The molecule has 1 aromatic carbocycles. The lowest BCUT2D eigenvalue weighted by Gasteiger charge is -2.19. The summed E-state index contributed by atoms with van der Waals surface area (Å²) in [4.78, 5) is 18.9. The topological polar surface area (TPSA) is 57.3 Å². The van der Waals surface area contributed by atoms with Crippen molar-refractivity contribution < 1.29 is 4.79 Å². The van der Waals surface area contributed by atoms with Crippen LogP contribution < -0.4 is 10.6 Å². The highest BCUT2D eigenvalue weighted by atomic mass is 32.1. The number of hydrogen-bond acceptors (Lipinski definition) is 4. The number of rotatable bonds is 5. The summed E-state index contributed by atoms with van der Waals surface area (Å²) >= 11 is 1.56. The molecule has 1 saturated heterocycles. The van der Waals surface area contributed by atoms with E-state index >= 15 is 0 Å². The molecule has 2 aromatic rings. The number of amides is 2. The molecule has 2 heterocycles. The van der Waals surface area contributed by atoms with E-state index in [2.05, 4.69) is 51.7 Å². The Morgan fingerprint density at radius 2 is 2.17 bits per heavy atom. The number of carbonyl (C=O) groups is 1. The Labute approximate surface area is 147 Å². The summed E-state index contributed by atoms with van der Waals surface area (Å²) in [5.41, 5.74) is 1.31. The van der Waals surface area contributed by atoms with E-state index in [1.807, 2.05) is 18.4 Å². The van der Waals surface area contributed by atoms with Crippen LogP contribution >= 0.6 is 11.3 Å². The number of benzene rings is 1. The standard InChI is InChI=1S/C18H24N4OS/c1-13-10-22(11-15-6-4-3-5-7-15)12-16(13)21-18(23)20-14(2)17-19-8-9-24-17/h3-9,13-14,16H,10-12H2,1-2H3,(H2,20,21,23). The van der Waals surface area contributed by atoms with E-state index in [-0.39, 0.29) is 18.1 Å². The van der Waals surface area contributed by atoms with E-state index in [1.54, 1.807) is 17.5 Å². The van der Waals surface area contributed by atoms with Crippen molar-refractivity contribution in [3.05, 3.63) is 52.5 Å². The molecule has 2 N–H and O–H groups in total. The van der Waals surface area contributed by atoms with Crippen molar-refractivity contribution in [3.8, 4) is 0 Å². The van der Waals surface area contributed by atoms with Crippen LogP contribution in [-0.2, 0) is 6.54 Å². The van der Waals surface area contributed by atoms with Gasteiger partial charge in [-0.1, -0.05) is 37.3 Å². The molecule has 0 bridgehead atoms. The van der Waals surface area contributed by atoms with Crippen LogP contribution in [0.2, 0.25) is 0 Å². The monoisotopic (exact) mass is 344 g/mol. The highest BCUT2D eigenvalue weighted by molar-refractivity contribution is 7.09. The van der Waals surface area contributed by atoms with Gasteiger partial charge >= 0.3 is 6.03 Å². The van der Waals surface area contributed by atoms with E-state index in [0.29, 0.717) is 5.92 Å². The molecule has 0 radical (unpaired) electrons. The molecule has 3 atom stereocenters. The van der Waals surface area contributed by atoms with E-state index in [0.717, 1.165) is 24.6 Å². The van der Waals surface area contributed by atoms with Crippen molar-refractivity contribution in [2.75, 3.05) is 13.1 Å². The van der Waals surface area contributed by atoms with Gasteiger partial charge in [-0.2, -0.15) is 0 Å². The Morgan fingerprint density at radius 1 is 1.38 bits per heavy atom. The second-order valence-corrected chi connectivity index (χ2v) is 7.40. The number of hydrogen-bond donors (Lipinski definition) is 2. The Bertz CT molecular complexity index is 646. The Balaban J connectivity index is 1.49. The molecule has 128 valence electrons. The summed E-state index contributed by atoms with van der Waals surface area (Å²) in [5, 5.41) is 8.94. The van der Waals surface area contributed by atoms with Crippen molar-refractivity contribution >= 4 is 17.4 Å². The smallest absolute Gasteiger partial charge is 0.315 e. The Hall–Kier alpha value is -1.92. The predicted octanol–water partition coefficient (Wildman–Crippen LogP) is 3.02. The average molecular weight is 344 g/mol. The highest BCUT2D eigenvalue weighted by Crippen LogP contribution is 2.19. The summed E-state index contributed by atoms with van der Waals surface area (Å²) in [5.74, 6) is 0.439. The van der Waals surface area contributed by atoms with Crippen LogP contribution in [0.3, 0.4) is 0 Å². The van der Waals surface area contributed by atoms with Gasteiger partial charge in [-0.25, -0.2) is 9.78 Å². The normalized spacial score (nSPS) is 22.2. The van der Waals surface area contributed by atoms with Crippen molar-refractivity contribution in [3.63, 3.8) is 0 Å². The summed E-state index contributed by atoms with van der Waals surface area (Å²) < 4.78 is 0. The van der Waals surface area contributed by atoms with Gasteiger partial charge in [-0.05, 0) is 18.4 Å². The lowest BCUT2D eigenvalue weighted by Crippen LogP contribution is -2.46. The van der Waals surface area contributed by atoms with Gasteiger partial charge in [0.25, 0.3) is 0 Å². The molecule has 1 fully saturated rings. The lowest BCUT2D eigenvalue weighted by atomic mass is 10.1. The highest BCUT2D eigenvalue weighted by Gasteiger charge is 2.30. The molecule has 3 unspecified atom stereocenters. The quantitative estimate of drug-likeness (QED) is 0.876. The van der Waals surface area contributed by atoms with Gasteiger partial charge in [0.2, 0.25) is 0 Å². The molecular weight excluding hydrogens is 320 g/mol. The maximum absolute atomic E-state index is 12.3. The number of likely N-dealkylation sites (tertiary alicyclic amines) is 1. The molecule has 24 heavy (non-hydrogen) atoms. The second kappa shape index (κ2) is 7.77. The second-order valence-electron chi connectivity index (χ2n) is 6.47. The summed E-state index contributed by atoms with van der Waals surface area (Å²) in [6.45, 7) is 6.97. The largest absolute Gasteiger partial charge is 0.334 e. The number of nitrogens with zero attached hydrogens (tertiary/aromatic N) is 2. The van der Waals surface area contributed by atoms with Crippen molar-refractivity contribution in [2.45, 2.75) is 32.5 Å². The molecule has 1 aliphatic heterocycles. The molecule has 0 aliphatic carbocycles. The first kappa shape index (κ1) is 16.9. The minimum atomic E-state index is -0.115.